The maximum Gasteiger partial charge on any atom is 0.167 e. The Hall–Kier alpha value is -1.37. The first-order valence-corrected chi connectivity index (χ1v) is 9.72. The van der Waals surface area contributed by atoms with Gasteiger partial charge in [-0.05, 0) is 31.0 Å². The summed E-state index contributed by atoms with van der Waals surface area (Å²) in [6.45, 7) is 3.93. The van der Waals surface area contributed by atoms with Crippen molar-refractivity contribution < 1.29 is 23.7 Å². The molecule has 1 aliphatic carbocycles. The molecule has 0 aromatic heterocycles. The average Bonchev–Trinajstić information content (AvgIpc) is 2.63. The van der Waals surface area contributed by atoms with Crippen LogP contribution in [-0.2, 0) is 19.0 Å². The molecule has 0 N–H and O–H groups in total. The van der Waals surface area contributed by atoms with Crippen molar-refractivity contribution in [3.05, 3.63) is 34.0 Å². The lowest BCUT2D eigenvalue weighted by molar-refractivity contribution is -0.114. The number of carbonyl (C=O) groups excluding carboxylic acids is 1. The fourth-order valence-corrected chi connectivity index (χ4v) is 3.40. The number of allylic oxidation sites excluding steroid dienone is 2. The number of ketones is 1. The van der Waals surface area contributed by atoms with Crippen molar-refractivity contribution in [2.45, 2.75) is 26.2 Å². The molecular weight excluding hydrogens is 400 g/mol. The van der Waals surface area contributed by atoms with Gasteiger partial charge in [-0.15, -0.1) is 0 Å². The van der Waals surface area contributed by atoms with Crippen LogP contribution in [0.1, 0.15) is 31.7 Å². The summed E-state index contributed by atoms with van der Waals surface area (Å²) < 4.78 is 23.0. The van der Waals surface area contributed by atoms with Gasteiger partial charge in [-0.2, -0.15) is 0 Å². The lowest BCUT2D eigenvalue weighted by atomic mass is 9.82. The Balaban J connectivity index is 2.46. The summed E-state index contributed by atoms with van der Waals surface area (Å²) in [5.41, 5.74) is 1.42. The summed E-state index contributed by atoms with van der Waals surface area (Å²) in [6, 6.07) is 5.71. The summed E-state index contributed by atoms with van der Waals surface area (Å²) in [6.07, 6.45) is 2.27. The molecule has 1 unspecified atom stereocenters. The second kappa shape index (κ2) is 10.7. The van der Waals surface area contributed by atoms with Crippen LogP contribution >= 0.6 is 15.9 Å². The third kappa shape index (κ3) is 5.32. The Bertz CT molecular complexity index is 641. The molecule has 6 heteroatoms. The van der Waals surface area contributed by atoms with Gasteiger partial charge in [0, 0.05) is 36.6 Å². The van der Waals surface area contributed by atoms with Crippen LogP contribution in [-0.4, -0.2) is 46.4 Å². The molecule has 0 spiro atoms. The highest BCUT2D eigenvalue weighted by Gasteiger charge is 2.31. The molecule has 2 rings (SSSR count). The van der Waals surface area contributed by atoms with E-state index in [0.29, 0.717) is 44.2 Å². The van der Waals surface area contributed by atoms with Crippen molar-refractivity contribution >= 4 is 27.3 Å². The molecule has 0 radical (unpaired) electrons. The highest BCUT2D eigenvalue weighted by Crippen LogP contribution is 2.40. The standard InChI is InChI=1S/C20H27BrO5/c1-4-14-5-8-17(22)19(20(14)26-12-10-24-3)16-7-6-15(21)13-18(16)25-11-9-23-2/h6-7,13-14H,4-5,8-12H2,1-3H3. The normalized spacial score (nSPS) is 17.5. The lowest BCUT2D eigenvalue weighted by Gasteiger charge is -2.28. The predicted molar refractivity (Wildman–Crippen MR) is 104 cm³/mol. The Morgan fingerprint density at radius 3 is 2.42 bits per heavy atom. The van der Waals surface area contributed by atoms with Gasteiger partial charge in [-0.3, -0.25) is 4.79 Å². The van der Waals surface area contributed by atoms with E-state index in [0.717, 1.165) is 28.6 Å². The van der Waals surface area contributed by atoms with Gasteiger partial charge in [0.25, 0.3) is 0 Å². The van der Waals surface area contributed by atoms with Crippen LogP contribution < -0.4 is 4.74 Å². The van der Waals surface area contributed by atoms with E-state index in [-0.39, 0.29) is 11.7 Å². The van der Waals surface area contributed by atoms with E-state index in [1.54, 1.807) is 14.2 Å². The number of Topliss-reactive ketones (excluding diaryl/α,β-unsaturated/α-hetero) is 1. The first-order chi connectivity index (χ1) is 12.6. The third-order valence-corrected chi connectivity index (χ3v) is 4.90. The molecule has 0 saturated heterocycles. The zero-order valence-electron chi connectivity index (χ0n) is 15.7. The van der Waals surface area contributed by atoms with E-state index in [1.165, 1.54) is 0 Å². The number of rotatable bonds is 10. The van der Waals surface area contributed by atoms with E-state index in [4.69, 9.17) is 18.9 Å². The molecule has 1 aliphatic rings. The first kappa shape index (κ1) is 20.9. The second-order valence-corrected chi connectivity index (χ2v) is 7.04. The minimum atomic E-state index is 0.0982. The number of carbonyl (C=O) groups is 1. The fraction of sp³-hybridized carbons (Fsp3) is 0.550. The third-order valence-electron chi connectivity index (χ3n) is 4.41. The minimum Gasteiger partial charge on any atom is -0.494 e. The number of halogens is 1. The van der Waals surface area contributed by atoms with Gasteiger partial charge in [0.2, 0.25) is 0 Å². The number of methoxy groups -OCH3 is 2. The molecule has 0 fully saturated rings. The molecule has 1 aromatic carbocycles. The van der Waals surface area contributed by atoms with E-state index < -0.39 is 0 Å². The first-order valence-electron chi connectivity index (χ1n) is 8.93. The number of hydrogen-bond acceptors (Lipinski definition) is 5. The van der Waals surface area contributed by atoms with Gasteiger partial charge in [0.05, 0.1) is 18.8 Å². The van der Waals surface area contributed by atoms with Crippen molar-refractivity contribution in [3.63, 3.8) is 0 Å². The van der Waals surface area contributed by atoms with Gasteiger partial charge >= 0.3 is 0 Å². The molecule has 26 heavy (non-hydrogen) atoms. The van der Waals surface area contributed by atoms with Crippen LogP contribution in [0.2, 0.25) is 0 Å². The molecule has 0 saturated carbocycles. The summed E-state index contributed by atoms with van der Waals surface area (Å²) in [7, 11) is 3.27. The molecule has 0 aliphatic heterocycles. The average molecular weight is 427 g/mol. The van der Waals surface area contributed by atoms with Crippen LogP contribution in [0.3, 0.4) is 0 Å². The van der Waals surface area contributed by atoms with Gasteiger partial charge in [-0.25, -0.2) is 0 Å². The fourth-order valence-electron chi connectivity index (χ4n) is 3.06. The molecule has 144 valence electrons. The zero-order valence-corrected chi connectivity index (χ0v) is 17.3. The quantitative estimate of drug-likeness (QED) is 0.523. The molecule has 0 amide bonds. The number of hydrogen-bond donors (Lipinski definition) is 0. The van der Waals surface area contributed by atoms with Crippen LogP contribution in [0.4, 0.5) is 0 Å². The topological polar surface area (TPSA) is 54.0 Å². The highest BCUT2D eigenvalue weighted by molar-refractivity contribution is 9.10. The SMILES string of the molecule is CCC1CCC(=O)C(c2ccc(Br)cc2OCCOC)=C1OCCOC. The highest BCUT2D eigenvalue weighted by atomic mass is 79.9. The van der Waals surface area contributed by atoms with Crippen LogP contribution in [0.5, 0.6) is 5.75 Å². The van der Waals surface area contributed by atoms with Gasteiger partial charge in [0.1, 0.15) is 24.7 Å². The van der Waals surface area contributed by atoms with E-state index in [2.05, 4.69) is 22.9 Å². The van der Waals surface area contributed by atoms with Gasteiger partial charge in [0.15, 0.2) is 5.78 Å². The number of ether oxygens (including phenoxy) is 4. The molecule has 5 nitrogen and oxygen atoms in total. The lowest BCUT2D eigenvalue weighted by Crippen LogP contribution is -2.22. The van der Waals surface area contributed by atoms with Crippen molar-refractivity contribution in [2.75, 3.05) is 40.6 Å². The maximum atomic E-state index is 12.8. The van der Waals surface area contributed by atoms with Gasteiger partial charge in [-0.1, -0.05) is 22.9 Å². The molecular formula is C20H27BrO5. The van der Waals surface area contributed by atoms with E-state index >= 15 is 0 Å². The van der Waals surface area contributed by atoms with Crippen molar-refractivity contribution in [1.82, 2.24) is 0 Å². The number of benzene rings is 1. The second-order valence-electron chi connectivity index (χ2n) is 6.13. The van der Waals surface area contributed by atoms with Crippen LogP contribution in [0.15, 0.2) is 28.4 Å². The maximum absolute atomic E-state index is 12.8. The van der Waals surface area contributed by atoms with Crippen molar-refractivity contribution in [2.24, 2.45) is 5.92 Å². The van der Waals surface area contributed by atoms with Gasteiger partial charge < -0.3 is 18.9 Å². The Labute approximate surface area is 163 Å². The van der Waals surface area contributed by atoms with Crippen molar-refractivity contribution in [1.29, 1.82) is 0 Å². The Morgan fingerprint density at radius 2 is 1.77 bits per heavy atom. The molecule has 0 bridgehead atoms. The Morgan fingerprint density at radius 1 is 1.08 bits per heavy atom. The summed E-state index contributed by atoms with van der Waals surface area (Å²) in [4.78, 5) is 12.8. The zero-order chi connectivity index (χ0) is 18.9. The smallest absolute Gasteiger partial charge is 0.167 e. The summed E-state index contributed by atoms with van der Waals surface area (Å²) in [5, 5.41) is 0. The van der Waals surface area contributed by atoms with Crippen LogP contribution in [0, 0.1) is 5.92 Å². The summed E-state index contributed by atoms with van der Waals surface area (Å²) in [5.74, 6) is 1.75. The van der Waals surface area contributed by atoms with E-state index in [9.17, 15) is 4.79 Å². The largest absolute Gasteiger partial charge is 0.494 e. The Kier molecular flexibility index (Phi) is 8.62. The monoisotopic (exact) mass is 426 g/mol. The van der Waals surface area contributed by atoms with Crippen molar-refractivity contribution in [3.8, 4) is 5.75 Å². The molecule has 1 atom stereocenters. The molecule has 0 heterocycles. The minimum absolute atomic E-state index is 0.0982. The summed E-state index contributed by atoms with van der Waals surface area (Å²) >= 11 is 3.48. The predicted octanol–water partition coefficient (Wildman–Crippen LogP) is 4.24. The van der Waals surface area contributed by atoms with Crippen LogP contribution in [0.25, 0.3) is 5.57 Å². The molecule has 1 aromatic rings. The van der Waals surface area contributed by atoms with E-state index in [1.807, 2.05) is 18.2 Å².